The Labute approximate surface area is 229 Å². The molecule has 0 spiro atoms. The van der Waals surface area contributed by atoms with E-state index in [4.69, 9.17) is 9.47 Å². The second-order valence-corrected chi connectivity index (χ2v) is 13.9. The van der Waals surface area contributed by atoms with E-state index in [2.05, 4.69) is 37.9 Å². The summed E-state index contributed by atoms with van der Waals surface area (Å²) in [4.78, 5) is 28.7. The highest BCUT2D eigenvalue weighted by Crippen LogP contribution is 2.69. The number of amides is 2. The van der Waals surface area contributed by atoms with Crippen LogP contribution < -0.4 is 5.32 Å². The monoisotopic (exact) mass is 536 g/mol. The minimum atomic E-state index is -0.702. The lowest BCUT2D eigenvalue weighted by Gasteiger charge is -2.63. The second-order valence-electron chi connectivity index (χ2n) is 13.9. The topological polar surface area (TPSA) is 108 Å². The molecule has 4 rings (SSSR count). The minimum absolute atomic E-state index is 0.0222. The largest absolute Gasteiger partial charge is 0.445 e. The summed E-state index contributed by atoms with van der Waals surface area (Å²) < 4.78 is 12.4. The standard InChI is InChI=1S/C30H52N2O6/c1-18-10-14-32(6)17-21(18)26(35)31-27(36)38-23-16-28(4,13-15-33)25(34)20(3)30-11-8-19(2)29(23,5)24(30)22(37-7)9-12-30/h18-25,33-34H,8-17H2,1-7H3,(H,31,35,36)/t18-,19+,20-,21-,22+,23+,24?,25-,28+,29-,30?/m0/s1. The first-order valence-corrected chi connectivity index (χ1v) is 14.9. The molecule has 11 atom stereocenters. The van der Waals surface area contributed by atoms with Gasteiger partial charge in [0.05, 0.1) is 18.1 Å². The normalized spacial score (nSPS) is 47.5. The summed E-state index contributed by atoms with van der Waals surface area (Å²) in [6.07, 6.45) is 3.78. The van der Waals surface area contributed by atoms with Gasteiger partial charge in [-0.2, -0.15) is 0 Å². The van der Waals surface area contributed by atoms with Crippen LogP contribution >= 0.6 is 0 Å². The minimum Gasteiger partial charge on any atom is -0.445 e. The van der Waals surface area contributed by atoms with Crippen LogP contribution in [0.15, 0.2) is 0 Å². The number of alkyl carbamates (subject to hydrolysis) is 1. The second kappa shape index (κ2) is 11.0. The molecule has 3 aliphatic carbocycles. The molecule has 0 radical (unpaired) electrons. The highest BCUT2D eigenvalue weighted by molar-refractivity contribution is 5.93. The van der Waals surface area contributed by atoms with Crippen LogP contribution in [0, 0.1) is 45.8 Å². The molecule has 4 fully saturated rings. The van der Waals surface area contributed by atoms with Crippen LogP contribution in [0.1, 0.15) is 79.6 Å². The lowest BCUT2D eigenvalue weighted by Crippen LogP contribution is -2.64. The van der Waals surface area contributed by atoms with Gasteiger partial charge >= 0.3 is 6.09 Å². The first-order chi connectivity index (χ1) is 17.8. The number of methoxy groups -OCH3 is 1. The molecule has 2 unspecified atom stereocenters. The maximum atomic E-state index is 13.4. The van der Waals surface area contributed by atoms with Crippen molar-refractivity contribution in [2.45, 2.75) is 97.9 Å². The van der Waals surface area contributed by atoms with E-state index in [1.54, 1.807) is 7.11 Å². The van der Waals surface area contributed by atoms with E-state index in [1.807, 2.05) is 14.0 Å². The molecular formula is C30H52N2O6. The van der Waals surface area contributed by atoms with Gasteiger partial charge in [0.1, 0.15) is 6.10 Å². The molecule has 3 saturated carbocycles. The molecule has 1 aliphatic heterocycles. The Morgan fingerprint density at radius 2 is 1.79 bits per heavy atom. The maximum Gasteiger partial charge on any atom is 0.414 e. The van der Waals surface area contributed by atoms with Crippen molar-refractivity contribution in [1.82, 2.24) is 10.2 Å². The zero-order valence-corrected chi connectivity index (χ0v) is 24.7. The van der Waals surface area contributed by atoms with Crippen molar-refractivity contribution in [2.75, 3.05) is 33.9 Å². The van der Waals surface area contributed by atoms with E-state index in [-0.39, 0.29) is 53.6 Å². The van der Waals surface area contributed by atoms with Crippen LogP contribution in [-0.4, -0.2) is 79.3 Å². The predicted octanol–water partition coefficient (Wildman–Crippen LogP) is 3.83. The van der Waals surface area contributed by atoms with E-state index in [0.717, 1.165) is 38.6 Å². The quantitative estimate of drug-likeness (QED) is 0.490. The van der Waals surface area contributed by atoms with E-state index in [0.29, 0.717) is 19.4 Å². The van der Waals surface area contributed by atoms with E-state index >= 15 is 0 Å². The summed E-state index contributed by atoms with van der Waals surface area (Å²) in [5, 5.41) is 24.4. The summed E-state index contributed by atoms with van der Waals surface area (Å²) in [6.45, 7) is 12.3. The molecule has 1 heterocycles. The first kappa shape index (κ1) is 29.8. The van der Waals surface area contributed by atoms with Gasteiger partial charge in [-0.15, -0.1) is 0 Å². The number of nitrogens with one attached hydrogen (secondary N) is 1. The number of rotatable bonds is 5. The van der Waals surface area contributed by atoms with E-state index < -0.39 is 29.1 Å². The van der Waals surface area contributed by atoms with Crippen LogP contribution in [-0.2, 0) is 14.3 Å². The van der Waals surface area contributed by atoms with Crippen molar-refractivity contribution in [2.24, 2.45) is 45.8 Å². The van der Waals surface area contributed by atoms with Crippen molar-refractivity contribution < 1.29 is 29.3 Å². The molecule has 1 saturated heterocycles. The maximum absolute atomic E-state index is 13.4. The SMILES string of the molecule is CO[C@@H]1CCC23CC[C@@H](C)[C@](C)(C12)[C@H](OC(=O)NC(=O)[C@H]1CN(C)CC[C@@H]1C)C[C@@](C)(CCO)[C@@H](O)[C@@H]3C. The number of carbonyl (C=O) groups is 2. The molecule has 4 aliphatic rings. The number of carbonyl (C=O) groups excluding carboxylic acids is 2. The summed E-state index contributed by atoms with van der Waals surface area (Å²) in [7, 11) is 3.77. The molecule has 2 amide bonds. The molecule has 3 N–H and O–H groups in total. The van der Waals surface area contributed by atoms with Gasteiger partial charge in [-0.05, 0) is 87.1 Å². The Morgan fingerprint density at radius 1 is 1.11 bits per heavy atom. The van der Waals surface area contributed by atoms with Crippen LogP contribution in [0.4, 0.5) is 4.79 Å². The summed E-state index contributed by atoms with van der Waals surface area (Å²) >= 11 is 0. The van der Waals surface area contributed by atoms with Crippen molar-refractivity contribution in [3.63, 3.8) is 0 Å². The molecule has 0 aromatic carbocycles. The molecule has 38 heavy (non-hydrogen) atoms. The lowest BCUT2D eigenvalue weighted by molar-refractivity contribution is -0.217. The third kappa shape index (κ3) is 4.82. The highest BCUT2D eigenvalue weighted by atomic mass is 16.6. The Hall–Kier alpha value is -1.22. The van der Waals surface area contributed by atoms with Crippen molar-refractivity contribution in [3.8, 4) is 0 Å². The lowest BCUT2D eigenvalue weighted by atomic mass is 9.43. The van der Waals surface area contributed by atoms with Crippen LogP contribution in [0.2, 0.25) is 0 Å². The average Bonchev–Trinajstić information content (AvgIpc) is 3.27. The van der Waals surface area contributed by atoms with E-state index in [9.17, 15) is 19.8 Å². The molecule has 2 bridgehead atoms. The number of piperidine rings is 1. The Morgan fingerprint density at radius 3 is 2.45 bits per heavy atom. The van der Waals surface area contributed by atoms with Gasteiger partial charge in [0.2, 0.25) is 5.91 Å². The molecule has 0 aromatic rings. The fourth-order valence-electron chi connectivity index (χ4n) is 9.30. The Balaban J connectivity index is 1.68. The molecular weight excluding hydrogens is 484 g/mol. The van der Waals surface area contributed by atoms with Gasteiger partial charge in [0.15, 0.2) is 0 Å². The Bertz CT molecular complexity index is 885. The third-order valence-electron chi connectivity index (χ3n) is 12.1. The molecule has 0 aromatic heterocycles. The number of imide groups is 1. The predicted molar refractivity (Wildman–Crippen MR) is 145 cm³/mol. The molecule has 8 heteroatoms. The van der Waals surface area contributed by atoms with Gasteiger partial charge < -0.3 is 24.6 Å². The average molecular weight is 537 g/mol. The first-order valence-electron chi connectivity index (χ1n) is 14.9. The van der Waals surface area contributed by atoms with Crippen molar-refractivity contribution in [1.29, 1.82) is 0 Å². The number of aliphatic hydroxyl groups is 2. The van der Waals surface area contributed by atoms with Gasteiger partial charge in [-0.3, -0.25) is 10.1 Å². The summed E-state index contributed by atoms with van der Waals surface area (Å²) in [5.74, 6) is 0.0637. The zero-order valence-electron chi connectivity index (χ0n) is 24.7. The number of likely N-dealkylation sites (tertiary alicyclic amines) is 1. The van der Waals surface area contributed by atoms with E-state index in [1.165, 1.54) is 0 Å². The smallest absolute Gasteiger partial charge is 0.414 e. The Kier molecular flexibility index (Phi) is 8.60. The number of ether oxygens (including phenoxy) is 2. The van der Waals surface area contributed by atoms with Gasteiger partial charge in [-0.25, -0.2) is 4.79 Å². The van der Waals surface area contributed by atoms with Crippen LogP contribution in [0.5, 0.6) is 0 Å². The number of hydrogen-bond donors (Lipinski definition) is 3. The summed E-state index contributed by atoms with van der Waals surface area (Å²) in [6, 6.07) is 0. The zero-order chi connectivity index (χ0) is 28.0. The number of hydrogen-bond acceptors (Lipinski definition) is 7. The molecule has 8 nitrogen and oxygen atoms in total. The molecule has 218 valence electrons. The fraction of sp³-hybridized carbons (Fsp3) is 0.933. The van der Waals surface area contributed by atoms with Gasteiger partial charge in [-0.1, -0.05) is 34.6 Å². The highest BCUT2D eigenvalue weighted by Gasteiger charge is 2.68. The number of aliphatic hydroxyl groups excluding tert-OH is 2. The van der Waals surface area contributed by atoms with Crippen LogP contribution in [0.3, 0.4) is 0 Å². The third-order valence-corrected chi connectivity index (χ3v) is 12.1. The van der Waals surface area contributed by atoms with Crippen molar-refractivity contribution >= 4 is 12.0 Å². The van der Waals surface area contributed by atoms with Gasteiger partial charge in [0.25, 0.3) is 0 Å². The number of nitrogens with zero attached hydrogens (tertiary/aromatic N) is 1. The fourth-order valence-corrected chi connectivity index (χ4v) is 9.30. The van der Waals surface area contributed by atoms with Gasteiger partial charge in [0, 0.05) is 31.6 Å². The van der Waals surface area contributed by atoms with Crippen molar-refractivity contribution in [3.05, 3.63) is 0 Å². The van der Waals surface area contributed by atoms with Crippen LogP contribution in [0.25, 0.3) is 0 Å². The summed E-state index contributed by atoms with van der Waals surface area (Å²) in [5.41, 5.74) is -1.17.